The van der Waals surface area contributed by atoms with Crippen LogP contribution in [-0.4, -0.2) is 52.0 Å². The highest BCUT2D eigenvalue weighted by Crippen LogP contribution is 2.35. The summed E-state index contributed by atoms with van der Waals surface area (Å²) in [5.74, 6) is 0.148. The fourth-order valence-electron chi connectivity index (χ4n) is 3.97. The molecule has 1 saturated heterocycles. The third-order valence-electron chi connectivity index (χ3n) is 5.71. The predicted molar refractivity (Wildman–Crippen MR) is 128 cm³/mol. The summed E-state index contributed by atoms with van der Waals surface area (Å²) >= 11 is 0. The topological polar surface area (TPSA) is 126 Å². The largest absolute Gasteiger partial charge is 0.378 e. The fourth-order valence-corrected chi connectivity index (χ4v) is 3.97. The molecule has 1 aliphatic heterocycles. The maximum absolute atomic E-state index is 13.4. The highest BCUT2D eigenvalue weighted by Gasteiger charge is 2.25. The second-order valence-corrected chi connectivity index (χ2v) is 8.00. The van der Waals surface area contributed by atoms with Crippen LogP contribution in [0.15, 0.2) is 54.7 Å². The van der Waals surface area contributed by atoms with Crippen molar-refractivity contribution in [3.05, 3.63) is 81.7 Å². The number of ether oxygens (including phenoxy) is 1. The average molecular weight is 458 g/mol. The number of ketones is 1. The van der Waals surface area contributed by atoms with Gasteiger partial charge in [-0.2, -0.15) is 4.98 Å². The van der Waals surface area contributed by atoms with Gasteiger partial charge in [0.25, 0.3) is 0 Å². The van der Waals surface area contributed by atoms with Crippen molar-refractivity contribution in [2.75, 3.05) is 36.5 Å². The number of aryl methyl sites for hydroxylation is 1. The van der Waals surface area contributed by atoms with Crippen molar-refractivity contribution < 1.29 is 14.5 Å². The summed E-state index contributed by atoms with van der Waals surface area (Å²) in [7, 11) is 0. The quantitative estimate of drug-likeness (QED) is 0.252. The molecular weight excluding hydrogens is 436 g/mol. The maximum atomic E-state index is 13.4. The molecule has 0 bridgehead atoms. The Morgan fingerprint density at radius 2 is 1.94 bits per heavy atom. The minimum absolute atomic E-state index is 0.0186. The summed E-state index contributed by atoms with van der Waals surface area (Å²) in [4.78, 5) is 38.4. The van der Waals surface area contributed by atoms with Gasteiger partial charge in [0.1, 0.15) is 11.9 Å². The standard InChI is InChI=1S/C24H22N6O4/c1-15-7-8-17-18(13-15)26-21(22(31)16-5-3-2-4-6-16)20(17)27-23-19(30(32)33)14-25-24(28-23)29-9-11-34-12-10-29/h2-8,13-14,26H,9-12H2,1H3,(H,25,27,28). The molecule has 10 heteroatoms. The van der Waals surface area contributed by atoms with Gasteiger partial charge in [-0.3, -0.25) is 14.9 Å². The molecule has 0 spiro atoms. The van der Waals surface area contributed by atoms with Crippen LogP contribution in [0.25, 0.3) is 10.9 Å². The van der Waals surface area contributed by atoms with Gasteiger partial charge in [0.05, 0.1) is 23.8 Å². The van der Waals surface area contributed by atoms with Crippen molar-refractivity contribution in [1.29, 1.82) is 0 Å². The molecule has 1 fully saturated rings. The highest BCUT2D eigenvalue weighted by molar-refractivity contribution is 6.16. The van der Waals surface area contributed by atoms with E-state index in [1.807, 2.05) is 36.1 Å². The number of hydrogen-bond donors (Lipinski definition) is 2. The summed E-state index contributed by atoms with van der Waals surface area (Å²) < 4.78 is 5.38. The van der Waals surface area contributed by atoms with Crippen molar-refractivity contribution >= 4 is 39.8 Å². The lowest BCUT2D eigenvalue weighted by atomic mass is 10.1. The van der Waals surface area contributed by atoms with Crippen LogP contribution in [0, 0.1) is 17.0 Å². The van der Waals surface area contributed by atoms with Crippen molar-refractivity contribution in [1.82, 2.24) is 15.0 Å². The predicted octanol–water partition coefficient (Wildman–Crippen LogP) is 3.99. The molecule has 0 atom stereocenters. The first kappa shape index (κ1) is 21.5. The van der Waals surface area contributed by atoms with E-state index in [9.17, 15) is 14.9 Å². The number of nitrogens with one attached hydrogen (secondary N) is 2. The molecule has 0 aliphatic carbocycles. The molecule has 5 rings (SSSR count). The minimum Gasteiger partial charge on any atom is -0.378 e. The third kappa shape index (κ3) is 4.06. The normalized spacial score (nSPS) is 13.7. The van der Waals surface area contributed by atoms with Gasteiger partial charge >= 0.3 is 5.69 Å². The molecule has 172 valence electrons. The van der Waals surface area contributed by atoms with E-state index in [0.29, 0.717) is 49.2 Å². The molecule has 0 radical (unpaired) electrons. The number of carbonyl (C=O) groups excluding carboxylic acids is 1. The lowest BCUT2D eigenvalue weighted by molar-refractivity contribution is -0.384. The van der Waals surface area contributed by atoms with Crippen molar-refractivity contribution in [3.63, 3.8) is 0 Å². The molecule has 10 nitrogen and oxygen atoms in total. The minimum atomic E-state index is -0.539. The smallest absolute Gasteiger partial charge is 0.329 e. The van der Waals surface area contributed by atoms with Crippen LogP contribution in [0.1, 0.15) is 21.6 Å². The average Bonchev–Trinajstić information content (AvgIpc) is 3.21. The molecule has 4 aromatic rings. The number of anilines is 3. The zero-order valence-electron chi connectivity index (χ0n) is 18.4. The first-order chi connectivity index (χ1) is 16.5. The molecule has 2 aromatic heterocycles. The van der Waals surface area contributed by atoms with Crippen LogP contribution in [0.2, 0.25) is 0 Å². The van der Waals surface area contributed by atoms with Crippen molar-refractivity contribution in [3.8, 4) is 0 Å². The van der Waals surface area contributed by atoms with Gasteiger partial charge in [0, 0.05) is 29.6 Å². The first-order valence-corrected chi connectivity index (χ1v) is 10.8. The van der Waals surface area contributed by atoms with Gasteiger partial charge in [0.15, 0.2) is 0 Å². The number of H-pyrrole nitrogens is 1. The van der Waals surface area contributed by atoms with Crippen LogP contribution in [0.4, 0.5) is 23.1 Å². The van der Waals surface area contributed by atoms with Gasteiger partial charge in [-0.05, 0) is 18.6 Å². The Hall–Kier alpha value is -4.31. The molecule has 2 N–H and O–H groups in total. The number of nitro groups is 1. The number of rotatable bonds is 6. The van der Waals surface area contributed by atoms with Gasteiger partial charge < -0.3 is 19.9 Å². The molecule has 0 unspecified atom stereocenters. The third-order valence-corrected chi connectivity index (χ3v) is 5.71. The molecule has 1 aliphatic rings. The van der Waals surface area contributed by atoms with Crippen LogP contribution in [-0.2, 0) is 4.74 Å². The first-order valence-electron chi connectivity index (χ1n) is 10.8. The number of aromatic nitrogens is 3. The van der Waals surface area contributed by atoms with E-state index in [-0.39, 0.29) is 17.3 Å². The summed E-state index contributed by atoms with van der Waals surface area (Å²) in [5.41, 5.74) is 2.70. The number of benzene rings is 2. The van der Waals surface area contributed by atoms with E-state index in [1.165, 1.54) is 6.20 Å². The van der Waals surface area contributed by atoms with Crippen molar-refractivity contribution in [2.45, 2.75) is 6.92 Å². The van der Waals surface area contributed by atoms with E-state index in [4.69, 9.17) is 4.74 Å². The molecule has 3 heterocycles. The summed E-state index contributed by atoms with van der Waals surface area (Å²) in [5, 5.41) is 15.6. The monoisotopic (exact) mass is 458 g/mol. The second kappa shape index (κ2) is 8.91. The Balaban J connectivity index is 1.63. The number of fused-ring (bicyclic) bond motifs is 1. The Bertz CT molecular complexity index is 1380. The number of carbonyl (C=O) groups is 1. The molecule has 2 aromatic carbocycles. The van der Waals surface area contributed by atoms with Gasteiger partial charge in [-0.1, -0.05) is 42.5 Å². The van der Waals surface area contributed by atoms with Gasteiger partial charge in [-0.15, -0.1) is 0 Å². The number of morpholine rings is 1. The van der Waals surface area contributed by atoms with Crippen LogP contribution >= 0.6 is 0 Å². The Kier molecular flexibility index (Phi) is 5.64. The Labute approximate surface area is 194 Å². The zero-order valence-corrected chi connectivity index (χ0v) is 18.4. The lowest BCUT2D eigenvalue weighted by Gasteiger charge is -2.26. The molecule has 0 amide bonds. The van der Waals surface area contributed by atoms with Gasteiger partial charge in [0.2, 0.25) is 17.5 Å². The molecular formula is C24H22N6O4. The summed E-state index contributed by atoms with van der Waals surface area (Å²) in [6.07, 6.45) is 1.19. The SMILES string of the molecule is Cc1ccc2c(Nc3nc(N4CCOCC4)ncc3[N+](=O)[O-])c(C(=O)c3ccccc3)[nH]c2c1. The molecule has 34 heavy (non-hydrogen) atoms. The molecule has 0 saturated carbocycles. The number of aromatic amines is 1. The maximum Gasteiger partial charge on any atom is 0.329 e. The second-order valence-electron chi connectivity index (χ2n) is 8.00. The van der Waals surface area contributed by atoms with E-state index < -0.39 is 4.92 Å². The highest BCUT2D eigenvalue weighted by atomic mass is 16.6. The van der Waals surface area contributed by atoms with Gasteiger partial charge in [-0.25, -0.2) is 4.98 Å². The Morgan fingerprint density at radius 3 is 2.68 bits per heavy atom. The lowest BCUT2D eigenvalue weighted by Crippen LogP contribution is -2.37. The number of nitrogens with zero attached hydrogens (tertiary/aromatic N) is 4. The summed E-state index contributed by atoms with van der Waals surface area (Å²) in [6, 6.07) is 14.6. The van der Waals surface area contributed by atoms with Crippen molar-refractivity contribution in [2.24, 2.45) is 0 Å². The van der Waals surface area contributed by atoms with E-state index in [2.05, 4.69) is 20.3 Å². The fraction of sp³-hybridized carbons (Fsp3) is 0.208. The van der Waals surface area contributed by atoms with Crippen LogP contribution < -0.4 is 10.2 Å². The number of hydrogen-bond acceptors (Lipinski definition) is 8. The van der Waals surface area contributed by atoms with E-state index in [0.717, 1.165) is 16.5 Å². The van der Waals surface area contributed by atoms with E-state index in [1.54, 1.807) is 24.3 Å². The van der Waals surface area contributed by atoms with Crippen LogP contribution in [0.5, 0.6) is 0 Å². The zero-order chi connectivity index (χ0) is 23.7. The van der Waals surface area contributed by atoms with E-state index >= 15 is 0 Å². The summed E-state index contributed by atoms with van der Waals surface area (Å²) in [6.45, 7) is 4.18. The van der Waals surface area contributed by atoms with Crippen LogP contribution in [0.3, 0.4) is 0 Å². The Morgan fingerprint density at radius 1 is 1.18 bits per heavy atom.